The molecule has 1 rings (SSSR count). The van der Waals surface area contributed by atoms with E-state index in [9.17, 15) is 18.0 Å². The second-order valence-corrected chi connectivity index (χ2v) is 6.04. The summed E-state index contributed by atoms with van der Waals surface area (Å²) in [7, 11) is 0. The normalized spacial score (nSPS) is 13.6. The van der Waals surface area contributed by atoms with Crippen molar-refractivity contribution in [2.45, 2.75) is 52.1 Å². The van der Waals surface area contributed by atoms with Crippen molar-refractivity contribution in [2.24, 2.45) is 5.73 Å². The average Bonchev–Trinajstić information content (AvgIpc) is 2.33. The molecule has 0 aliphatic heterocycles. The molecule has 0 unspecified atom stereocenters. The number of hydrogen-bond acceptors (Lipinski definition) is 3. The fourth-order valence-corrected chi connectivity index (χ4v) is 1.73. The zero-order valence-electron chi connectivity index (χ0n) is 13.0. The smallest absolute Gasteiger partial charge is 0.416 e. The predicted molar refractivity (Wildman–Crippen MR) is 77.3 cm³/mol. The second-order valence-electron chi connectivity index (χ2n) is 6.04. The predicted octanol–water partition coefficient (Wildman–Crippen LogP) is 2.85. The molecule has 4 nitrogen and oxygen atoms in total. The van der Waals surface area contributed by atoms with Gasteiger partial charge in [0.15, 0.2) is 0 Å². The van der Waals surface area contributed by atoms with Gasteiger partial charge in [0.2, 0.25) is 5.91 Å². The molecule has 1 aromatic rings. The van der Waals surface area contributed by atoms with Gasteiger partial charge in [-0.05, 0) is 45.4 Å². The van der Waals surface area contributed by atoms with Gasteiger partial charge in [-0.2, -0.15) is 13.2 Å². The van der Waals surface area contributed by atoms with Crippen LogP contribution in [0.25, 0.3) is 0 Å². The number of hydrogen-bond donors (Lipinski definition) is 2. The van der Waals surface area contributed by atoms with Crippen LogP contribution in [0.1, 0.15) is 38.8 Å². The number of nitrogens with one attached hydrogen (secondary N) is 1. The standard InChI is InChI=1S/C15H21F3N2O2/c1-9(19)13(21)20-8-10-5-6-11(22-14(2,3)4)7-12(10)15(16,17)18/h5-7,9H,8,19H2,1-4H3,(H,20,21)/t9-/m0/s1. The zero-order chi connectivity index (χ0) is 17.1. The minimum absolute atomic E-state index is 0.0391. The van der Waals surface area contributed by atoms with E-state index in [0.29, 0.717) is 0 Å². The first-order valence-corrected chi connectivity index (χ1v) is 6.82. The highest BCUT2D eigenvalue weighted by atomic mass is 19.4. The van der Waals surface area contributed by atoms with Crippen LogP contribution in [0, 0.1) is 0 Å². The van der Waals surface area contributed by atoms with E-state index in [1.807, 2.05) is 0 Å². The number of carbonyl (C=O) groups excluding carboxylic acids is 1. The maximum Gasteiger partial charge on any atom is 0.416 e. The van der Waals surface area contributed by atoms with E-state index < -0.39 is 29.3 Å². The molecule has 0 spiro atoms. The number of benzene rings is 1. The SMILES string of the molecule is C[C@H](N)C(=O)NCc1ccc(OC(C)(C)C)cc1C(F)(F)F. The molecule has 0 saturated carbocycles. The van der Waals surface area contributed by atoms with E-state index in [2.05, 4.69) is 5.32 Å². The molecule has 1 aromatic carbocycles. The minimum atomic E-state index is -4.54. The summed E-state index contributed by atoms with van der Waals surface area (Å²) in [4.78, 5) is 11.4. The van der Waals surface area contributed by atoms with E-state index in [1.54, 1.807) is 20.8 Å². The van der Waals surface area contributed by atoms with Gasteiger partial charge in [0.1, 0.15) is 11.4 Å². The molecule has 1 atom stereocenters. The van der Waals surface area contributed by atoms with E-state index in [0.717, 1.165) is 6.07 Å². The van der Waals surface area contributed by atoms with Crippen LogP contribution in [0.4, 0.5) is 13.2 Å². The van der Waals surface area contributed by atoms with Crippen LogP contribution < -0.4 is 15.8 Å². The molecule has 0 heterocycles. The van der Waals surface area contributed by atoms with Gasteiger partial charge in [-0.25, -0.2) is 0 Å². The maximum atomic E-state index is 13.2. The Morgan fingerprint density at radius 3 is 2.36 bits per heavy atom. The summed E-state index contributed by atoms with van der Waals surface area (Å²) < 4.78 is 44.9. The Labute approximate surface area is 127 Å². The molecular formula is C15H21F3N2O2. The van der Waals surface area contributed by atoms with Crippen LogP contribution in [0.3, 0.4) is 0 Å². The molecule has 3 N–H and O–H groups in total. The van der Waals surface area contributed by atoms with Gasteiger partial charge >= 0.3 is 6.18 Å². The Bertz CT molecular complexity index is 535. The van der Waals surface area contributed by atoms with Crippen LogP contribution in [0.5, 0.6) is 5.75 Å². The number of amides is 1. The molecule has 0 radical (unpaired) electrons. The quantitative estimate of drug-likeness (QED) is 0.897. The van der Waals surface area contributed by atoms with Crippen LogP contribution >= 0.6 is 0 Å². The molecule has 7 heteroatoms. The molecule has 0 aliphatic rings. The number of carbonyl (C=O) groups is 1. The molecule has 124 valence electrons. The highest BCUT2D eigenvalue weighted by molar-refractivity contribution is 5.80. The van der Waals surface area contributed by atoms with Crippen molar-refractivity contribution in [1.29, 1.82) is 0 Å². The number of ether oxygens (including phenoxy) is 1. The summed E-state index contributed by atoms with van der Waals surface area (Å²) in [6.45, 7) is 6.45. The minimum Gasteiger partial charge on any atom is -0.488 e. The Morgan fingerprint density at radius 2 is 1.91 bits per heavy atom. The highest BCUT2D eigenvalue weighted by Gasteiger charge is 2.34. The van der Waals surface area contributed by atoms with E-state index in [1.165, 1.54) is 19.1 Å². The molecule has 0 fully saturated rings. The summed E-state index contributed by atoms with van der Waals surface area (Å²) in [6, 6.07) is 2.91. The molecule has 22 heavy (non-hydrogen) atoms. The average molecular weight is 318 g/mol. The molecule has 0 saturated heterocycles. The molecular weight excluding hydrogens is 297 g/mol. The van der Waals surface area contributed by atoms with Crippen molar-refractivity contribution in [3.05, 3.63) is 29.3 Å². The van der Waals surface area contributed by atoms with Crippen LogP contribution in [-0.4, -0.2) is 17.6 Å². The van der Waals surface area contributed by atoms with Crippen molar-refractivity contribution >= 4 is 5.91 Å². The summed E-state index contributed by atoms with van der Waals surface area (Å²) >= 11 is 0. The third-order valence-corrected chi connectivity index (χ3v) is 2.68. The van der Waals surface area contributed by atoms with Gasteiger partial charge in [-0.1, -0.05) is 6.07 Å². The van der Waals surface area contributed by atoms with E-state index in [-0.39, 0.29) is 17.9 Å². The number of alkyl halides is 3. The van der Waals surface area contributed by atoms with Crippen LogP contribution in [-0.2, 0) is 17.5 Å². The van der Waals surface area contributed by atoms with Gasteiger partial charge in [-0.15, -0.1) is 0 Å². The molecule has 0 aromatic heterocycles. The highest BCUT2D eigenvalue weighted by Crippen LogP contribution is 2.35. The summed E-state index contributed by atoms with van der Waals surface area (Å²) in [5, 5.41) is 2.37. The Balaban J connectivity index is 3.05. The third kappa shape index (κ3) is 5.55. The van der Waals surface area contributed by atoms with Gasteiger partial charge < -0.3 is 15.8 Å². The first-order chi connectivity index (χ1) is 9.90. The van der Waals surface area contributed by atoms with Gasteiger partial charge in [0, 0.05) is 6.54 Å². The van der Waals surface area contributed by atoms with E-state index in [4.69, 9.17) is 10.5 Å². The lowest BCUT2D eigenvalue weighted by molar-refractivity contribution is -0.138. The maximum absolute atomic E-state index is 13.2. The summed E-state index contributed by atoms with van der Waals surface area (Å²) in [5.41, 5.74) is 3.89. The van der Waals surface area contributed by atoms with Gasteiger partial charge in [-0.3, -0.25) is 4.79 Å². The monoisotopic (exact) mass is 318 g/mol. The second kappa shape index (κ2) is 6.56. The lowest BCUT2D eigenvalue weighted by Crippen LogP contribution is -2.38. The van der Waals surface area contributed by atoms with E-state index >= 15 is 0 Å². The Morgan fingerprint density at radius 1 is 1.32 bits per heavy atom. The fraction of sp³-hybridized carbons (Fsp3) is 0.533. The first-order valence-electron chi connectivity index (χ1n) is 6.82. The Kier molecular flexibility index (Phi) is 5.45. The zero-order valence-corrected chi connectivity index (χ0v) is 13.0. The van der Waals surface area contributed by atoms with Crippen molar-refractivity contribution in [2.75, 3.05) is 0 Å². The fourth-order valence-electron chi connectivity index (χ4n) is 1.73. The summed E-state index contributed by atoms with van der Waals surface area (Å²) in [6.07, 6.45) is -4.54. The Hall–Kier alpha value is -1.76. The number of halogens is 3. The number of nitrogens with two attached hydrogens (primary N) is 1. The molecule has 0 aliphatic carbocycles. The lowest BCUT2D eigenvalue weighted by atomic mass is 10.1. The van der Waals surface area contributed by atoms with Crippen LogP contribution in [0.2, 0.25) is 0 Å². The lowest BCUT2D eigenvalue weighted by Gasteiger charge is -2.23. The topological polar surface area (TPSA) is 64.4 Å². The van der Waals surface area contributed by atoms with Crippen molar-refractivity contribution in [1.82, 2.24) is 5.32 Å². The number of rotatable bonds is 4. The summed E-state index contributed by atoms with van der Waals surface area (Å²) in [5.74, 6) is -0.384. The van der Waals surface area contributed by atoms with Crippen molar-refractivity contribution < 1.29 is 22.7 Å². The third-order valence-electron chi connectivity index (χ3n) is 2.68. The van der Waals surface area contributed by atoms with Crippen molar-refractivity contribution in [3.63, 3.8) is 0 Å². The molecule has 0 bridgehead atoms. The van der Waals surface area contributed by atoms with Crippen molar-refractivity contribution in [3.8, 4) is 5.75 Å². The van der Waals surface area contributed by atoms with Gasteiger partial charge in [0.05, 0.1) is 11.6 Å². The van der Waals surface area contributed by atoms with Crippen LogP contribution in [0.15, 0.2) is 18.2 Å². The first kappa shape index (κ1) is 18.3. The van der Waals surface area contributed by atoms with Gasteiger partial charge in [0.25, 0.3) is 0 Å². The molecule has 1 amide bonds. The largest absolute Gasteiger partial charge is 0.488 e.